The molecule has 0 unspecified atom stereocenters. The summed E-state index contributed by atoms with van der Waals surface area (Å²) in [6, 6.07) is 2.33. The van der Waals surface area contributed by atoms with Crippen molar-refractivity contribution in [3.8, 4) is 6.07 Å². The van der Waals surface area contributed by atoms with Crippen molar-refractivity contribution in [1.82, 2.24) is 0 Å². The van der Waals surface area contributed by atoms with E-state index in [-0.39, 0.29) is 22.9 Å². The molecule has 1 aromatic heterocycles. The van der Waals surface area contributed by atoms with Gasteiger partial charge >= 0.3 is 0 Å². The van der Waals surface area contributed by atoms with Gasteiger partial charge in [0.1, 0.15) is 16.6 Å². The van der Waals surface area contributed by atoms with Gasteiger partial charge in [-0.3, -0.25) is 4.79 Å². The van der Waals surface area contributed by atoms with E-state index in [1.54, 1.807) is 11.3 Å². The van der Waals surface area contributed by atoms with E-state index in [9.17, 15) is 10.1 Å². The van der Waals surface area contributed by atoms with Crippen LogP contribution in [0.2, 0.25) is 0 Å². The Morgan fingerprint density at radius 1 is 1.38 bits per heavy atom. The van der Waals surface area contributed by atoms with Gasteiger partial charge in [0.15, 0.2) is 0 Å². The molecule has 0 radical (unpaired) electrons. The zero-order chi connectivity index (χ0) is 15.4. The van der Waals surface area contributed by atoms with Gasteiger partial charge in [0.25, 0.3) is 0 Å². The average Bonchev–Trinajstić information content (AvgIpc) is 3.11. The van der Waals surface area contributed by atoms with Crippen LogP contribution in [-0.2, 0) is 16.8 Å². The van der Waals surface area contributed by atoms with Crippen molar-refractivity contribution in [2.45, 2.75) is 58.0 Å². The molecular formula is C16H22N3OS+. The number of carbonyl (C=O) groups excluding carboxylic acids is 1. The van der Waals surface area contributed by atoms with E-state index in [4.69, 9.17) is 0 Å². The van der Waals surface area contributed by atoms with Crippen LogP contribution in [0.25, 0.3) is 0 Å². The highest BCUT2D eigenvalue weighted by Gasteiger charge is 2.44. The van der Waals surface area contributed by atoms with Crippen molar-refractivity contribution >= 4 is 22.2 Å². The van der Waals surface area contributed by atoms with E-state index in [2.05, 4.69) is 44.4 Å². The number of hydrogen-bond donors (Lipinski definition) is 2. The summed E-state index contributed by atoms with van der Waals surface area (Å²) in [7, 11) is 0. The van der Waals surface area contributed by atoms with Crippen LogP contribution in [0.5, 0.6) is 0 Å². The lowest BCUT2D eigenvalue weighted by Gasteiger charge is -2.38. The minimum Gasteiger partial charge on any atom is -0.333 e. The van der Waals surface area contributed by atoms with Crippen LogP contribution in [0.1, 0.15) is 56.5 Å². The molecule has 1 aliphatic carbocycles. The average molecular weight is 304 g/mol. The zero-order valence-corrected chi connectivity index (χ0v) is 13.9. The number of nitriles is 1. The van der Waals surface area contributed by atoms with Gasteiger partial charge in [0.05, 0.1) is 16.0 Å². The summed E-state index contributed by atoms with van der Waals surface area (Å²) in [4.78, 5) is 13.2. The van der Waals surface area contributed by atoms with Crippen molar-refractivity contribution in [2.24, 2.45) is 5.92 Å². The minimum atomic E-state index is -0.0596. The molecule has 0 spiro atoms. The van der Waals surface area contributed by atoms with Crippen molar-refractivity contribution in [2.75, 3.05) is 5.32 Å². The number of thiophene rings is 1. The van der Waals surface area contributed by atoms with Crippen LogP contribution in [0.3, 0.4) is 0 Å². The first-order chi connectivity index (χ1) is 9.73. The molecule has 5 heteroatoms. The number of quaternary nitrogens is 1. The van der Waals surface area contributed by atoms with Gasteiger partial charge in [-0.05, 0) is 46.1 Å². The SMILES string of the molecule is CC1(C)Cc2c(sc(NC(=O)C3CC3)c2C#N)C(C)(C)[NH2+]1. The first kappa shape index (κ1) is 14.6. The maximum atomic E-state index is 12.0. The molecule has 112 valence electrons. The number of fused-ring (bicyclic) bond motifs is 1. The molecule has 0 aromatic carbocycles. The Hall–Kier alpha value is -1.38. The number of rotatable bonds is 2. The van der Waals surface area contributed by atoms with Crippen molar-refractivity contribution in [1.29, 1.82) is 5.26 Å². The van der Waals surface area contributed by atoms with Gasteiger partial charge in [0.2, 0.25) is 5.91 Å². The number of amides is 1. The summed E-state index contributed by atoms with van der Waals surface area (Å²) in [5.41, 5.74) is 1.82. The molecule has 2 heterocycles. The number of nitrogens with one attached hydrogen (secondary N) is 1. The molecule has 3 N–H and O–H groups in total. The molecule has 2 aliphatic rings. The van der Waals surface area contributed by atoms with E-state index in [1.807, 2.05) is 0 Å². The zero-order valence-electron chi connectivity index (χ0n) is 13.0. The fourth-order valence-electron chi connectivity index (χ4n) is 3.47. The van der Waals surface area contributed by atoms with Gasteiger partial charge in [-0.1, -0.05) is 0 Å². The van der Waals surface area contributed by atoms with E-state index in [0.717, 1.165) is 29.8 Å². The van der Waals surface area contributed by atoms with Gasteiger partial charge in [0, 0.05) is 12.3 Å². The Labute approximate surface area is 129 Å². The summed E-state index contributed by atoms with van der Waals surface area (Å²) in [5, 5.41) is 15.7. The number of carbonyl (C=O) groups is 1. The van der Waals surface area contributed by atoms with Gasteiger partial charge in [-0.15, -0.1) is 11.3 Å². The first-order valence-corrected chi connectivity index (χ1v) is 8.29. The lowest BCUT2D eigenvalue weighted by atomic mass is 9.81. The molecule has 3 rings (SSSR count). The van der Waals surface area contributed by atoms with Crippen LogP contribution in [-0.4, -0.2) is 11.4 Å². The largest absolute Gasteiger partial charge is 0.333 e. The topological polar surface area (TPSA) is 69.5 Å². The fourth-order valence-corrected chi connectivity index (χ4v) is 4.72. The summed E-state index contributed by atoms with van der Waals surface area (Å²) in [5.74, 6) is 0.234. The van der Waals surface area contributed by atoms with E-state index in [0.29, 0.717) is 5.56 Å². The summed E-state index contributed by atoms with van der Waals surface area (Å²) < 4.78 is 0. The smallest absolute Gasteiger partial charge is 0.228 e. The molecule has 21 heavy (non-hydrogen) atoms. The van der Waals surface area contributed by atoms with Gasteiger partial charge in [-0.25, -0.2) is 0 Å². The van der Waals surface area contributed by atoms with Gasteiger partial charge in [-0.2, -0.15) is 5.26 Å². The monoisotopic (exact) mass is 304 g/mol. The lowest BCUT2D eigenvalue weighted by Crippen LogP contribution is -3.03. The predicted molar refractivity (Wildman–Crippen MR) is 83.1 cm³/mol. The molecule has 1 fully saturated rings. The standard InChI is InChI=1S/C16H21N3OS/c1-15(2)7-10-11(8-17)14(18-13(20)9-5-6-9)21-12(10)16(3,4)19-15/h9,19H,5-7H2,1-4H3,(H,18,20)/p+1. The Morgan fingerprint density at radius 2 is 2.05 bits per heavy atom. The maximum Gasteiger partial charge on any atom is 0.228 e. The van der Waals surface area contributed by atoms with Crippen LogP contribution < -0.4 is 10.6 Å². The number of hydrogen-bond acceptors (Lipinski definition) is 3. The highest BCUT2D eigenvalue weighted by atomic mass is 32.1. The lowest BCUT2D eigenvalue weighted by molar-refractivity contribution is -0.789. The van der Waals surface area contributed by atoms with E-state index in [1.165, 1.54) is 4.88 Å². The number of nitrogens with two attached hydrogens (primary N) is 1. The Balaban J connectivity index is 2.03. The van der Waals surface area contributed by atoms with Crippen LogP contribution >= 0.6 is 11.3 Å². The Kier molecular flexibility index (Phi) is 3.16. The predicted octanol–water partition coefficient (Wildman–Crippen LogP) is 2.10. The summed E-state index contributed by atoms with van der Waals surface area (Å²) in [6.07, 6.45) is 2.82. The highest BCUT2D eigenvalue weighted by molar-refractivity contribution is 7.16. The van der Waals surface area contributed by atoms with Crippen molar-refractivity contribution in [3.05, 3.63) is 16.0 Å². The molecular weight excluding hydrogens is 282 g/mol. The van der Waals surface area contributed by atoms with E-state index >= 15 is 0 Å². The Bertz CT molecular complexity index is 647. The molecule has 0 bridgehead atoms. The molecule has 4 nitrogen and oxygen atoms in total. The highest BCUT2D eigenvalue weighted by Crippen LogP contribution is 2.42. The second kappa shape index (κ2) is 4.56. The maximum absolute atomic E-state index is 12.0. The minimum absolute atomic E-state index is 0.0596. The Morgan fingerprint density at radius 3 is 2.62 bits per heavy atom. The molecule has 1 aliphatic heterocycles. The fraction of sp³-hybridized carbons (Fsp3) is 0.625. The molecule has 0 saturated heterocycles. The first-order valence-electron chi connectivity index (χ1n) is 7.48. The third kappa shape index (κ3) is 2.58. The third-order valence-corrected chi connectivity index (χ3v) is 5.76. The molecule has 1 aromatic rings. The van der Waals surface area contributed by atoms with Crippen molar-refractivity contribution < 1.29 is 10.1 Å². The second-order valence-corrected chi connectivity index (χ2v) is 8.54. The van der Waals surface area contributed by atoms with Crippen LogP contribution in [0.4, 0.5) is 5.00 Å². The molecule has 1 amide bonds. The summed E-state index contributed by atoms with van der Waals surface area (Å²) >= 11 is 1.58. The molecule has 1 saturated carbocycles. The van der Waals surface area contributed by atoms with E-state index < -0.39 is 0 Å². The quantitative estimate of drug-likeness (QED) is 0.878. The summed E-state index contributed by atoms with van der Waals surface area (Å²) in [6.45, 7) is 8.80. The van der Waals surface area contributed by atoms with Crippen LogP contribution in [0.15, 0.2) is 0 Å². The van der Waals surface area contributed by atoms with Gasteiger partial charge < -0.3 is 10.6 Å². The third-order valence-electron chi connectivity index (χ3n) is 4.27. The normalized spacial score (nSPS) is 22.2. The number of anilines is 1. The molecule has 0 atom stereocenters. The van der Waals surface area contributed by atoms with Crippen LogP contribution in [0, 0.1) is 17.2 Å². The van der Waals surface area contributed by atoms with Crippen molar-refractivity contribution in [3.63, 3.8) is 0 Å². The second-order valence-electron chi connectivity index (χ2n) is 7.52. The number of nitrogens with zero attached hydrogens (tertiary/aromatic N) is 1.